The summed E-state index contributed by atoms with van der Waals surface area (Å²) in [4.78, 5) is 2.77. The maximum Gasteiger partial charge on any atom is 0.0218 e. The summed E-state index contributed by atoms with van der Waals surface area (Å²) in [5.74, 6) is 1.69. The molecule has 108 valence electrons. The quantitative estimate of drug-likeness (QED) is 0.748. The molecule has 0 aliphatic carbocycles. The molecule has 0 saturated carbocycles. The fraction of sp³-hybridized carbons (Fsp3) is 1.00. The van der Waals surface area contributed by atoms with Crippen LogP contribution in [0.5, 0.6) is 0 Å². The van der Waals surface area contributed by atoms with Crippen LogP contribution in [0.3, 0.4) is 0 Å². The summed E-state index contributed by atoms with van der Waals surface area (Å²) in [6, 6.07) is 1.47. The van der Waals surface area contributed by atoms with Crippen molar-refractivity contribution in [2.24, 2.45) is 11.8 Å². The van der Waals surface area contributed by atoms with Gasteiger partial charge in [-0.1, -0.05) is 47.5 Å². The molecule has 1 rings (SSSR count). The summed E-state index contributed by atoms with van der Waals surface area (Å²) in [6.07, 6.45) is 5.24. The van der Waals surface area contributed by atoms with Crippen molar-refractivity contribution < 1.29 is 0 Å². The highest BCUT2D eigenvalue weighted by molar-refractivity contribution is 4.86. The monoisotopic (exact) mass is 254 g/mol. The van der Waals surface area contributed by atoms with Crippen molar-refractivity contribution in [3.05, 3.63) is 0 Å². The summed E-state index contributed by atoms with van der Waals surface area (Å²) in [7, 11) is 0. The lowest BCUT2D eigenvalue weighted by molar-refractivity contribution is 0.0980. The van der Waals surface area contributed by atoms with Gasteiger partial charge in [-0.15, -0.1) is 0 Å². The van der Waals surface area contributed by atoms with Crippen molar-refractivity contribution in [3.63, 3.8) is 0 Å². The molecule has 2 atom stereocenters. The smallest absolute Gasteiger partial charge is 0.0218 e. The minimum absolute atomic E-state index is 0.710. The van der Waals surface area contributed by atoms with Gasteiger partial charge in [0.05, 0.1) is 0 Å². The molecule has 2 unspecified atom stereocenters. The van der Waals surface area contributed by atoms with E-state index < -0.39 is 0 Å². The summed E-state index contributed by atoms with van der Waals surface area (Å²) < 4.78 is 0. The lowest BCUT2D eigenvalue weighted by Crippen LogP contribution is -2.57. The molecule has 0 radical (unpaired) electrons. The second-order valence-electron chi connectivity index (χ2n) is 6.43. The molecular formula is C16H34N2. The Balaban J connectivity index is 2.52. The van der Waals surface area contributed by atoms with E-state index in [-0.39, 0.29) is 0 Å². The van der Waals surface area contributed by atoms with Crippen molar-refractivity contribution in [1.29, 1.82) is 0 Å². The predicted octanol–water partition coefficient (Wildman–Crippen LogP) is 3.52. The average molecular weight is 254 g/mol. The average Bonchev–Trinajstić information content (AvgIpc) is 2.35. The molecule has 2 nitrogen and oxygen atoms in total. The zero-order chi connectivity index (χ0) is 13.5. The molecule has 1 aliphatic heterocycles. The highest BCUT2D eigenvalue weighted by Gasteiger charge is 2.27. The summed E-state index contributed by atoms with van der Waals surface area (Å²) >= 11 is 0. The van der Waals surface area contributed by atoms with E-state index in [0.717, 1.165) is 17.9 Å². The molecule has 18 heavy (non-hydrogen) atoms. The molecule has 1 fully saturated rings. The highest BCUT2D eigenvalue weighted by atomic mass is 15.2. The van der Waals surface area contributed by atoms with Crippen LogP contribution in [0.1, 0.15) is 60.3 Å². The van der Waals surface area contributed by atoms with Crippen LogP contribution < -0.4 is 5.32 Å². The molecule has 1 N–H and O–H groups in total. The Morgan fingerprint density at radius 2 is 1.83 bits per heavy atom. The van der Waals surface area contributed by atoms with Crippen LogP contribution in [-0.2, 0) is 0 Å². The zero-order valence-electron chi connectivity index (χ0n) is 13.2. The van der Waals surface area contributed by atoms with Crippen molar-refractivity contribution in [2.75, 3.05) is 19.6 Å². The minimum Gasteiger partial charge on any atom is -0.311 e. The van der Waals surface area contributed by atoms with E-state index in [0.29, 0.717) is 6.04 Å². The maximum atomic E-state index is 3.75. The van der Waals surface area contributed by atoms with Crippen LogP contribution in [-0.4, -0.2) is 36.6 Å². The molecular weight excluding hydrogens is 220 g/mol. The van der Waals surface area contributed by atoms with Gasteiger partial charge in [0.15, 0.2) is 0 Å². The number of hydrogen-bond acceptors (Lipinski definition) is 2. The lowest BCUT2D eigenvalue weighted by atomic mass is 9.96. The van der Waals surface area contributed by atoms with E-state index in [4.69, 9.17) is 0 Å². The third kappa shape index (κ3) is 4.89. The van der Waals surface area contributed by atoms with E-state index >= 15 is 0 Å². The third-order valence-electron chi connectivity index (χ3n) is 4.49. The first kappa shape index (κ1) is 16.0. The Morgan fingerprint density at radius 3 is 2.33 bits per heavy atom. The topological polar surface area (TPSA) is 15.3 Å². The van der Waals surface area contributed by atoms with Crippen LogP contribution in [0.4, 0.5) is 0 Å². The first-order valence-electron chi connectivity index (χ1n) is 8.07. The summed E-state index contributed by atoms with van der Waals surface area (Å²) in [5.41, 5.74) is 0. The van der Waals surface area contributed by atoms with Crippen molar-refractivity contribution in [3.8, 4) is 0 Å². The summed E-state index contributed by atoms with van der Waals surface area (Å²) in [5, 5.41) is 3.75. The van der Waals surface area contributed by atoms with Crippen LogP contribution in [0.15, 0.2) is 0 Å². The zero-order valence-corrected chi connectivity index (χ0v) is 13.2. The fourth-order valence-corrected chi connectivity index (χ4v) is 3.16. The van der Waals surface area contributed by atoms with Gasteiger partial charge < -0.3 is 5.32 Å². The normalized spacial score (nSPS) is 26.2. The van der Waals surface area contributed by atoms with Gasteiger partial charge in [0.1, 0.15) is 0 Å². The van der Waals surface area contributed by atoms with E-state index in [9.17, 15) is 0 Å². The lowest BCUT2D eigenvalue weighted by Gasteiger charge is -2.42. The van der Waals surface area contributed by atoms with Gasteiger partial charge in [-0.05, 0) is 24.7 Å². The van der Waals surface area contributed by atoms with E-state index in [1.54, 1.807) is 0 Å². The van der Waals surface area contributed by atoms with Gasteiger partial charge in [0.25, 0.3) is 0 Å². The Labute approximate surface area is 115 Å². The van der Waals surface area contributed by atoms with Gasteiger partial charge in [-0.2, -0.15) is 0 Å². The van der Waals surface area contributed by atoms with Gasteiger partial charge in [-0.25, -0.2) is 0 Å². The van der Waals surface area contributed by atoms with E-state index in [2.05, 4.69) is 44.8 Å². The molecule has 0 bridgehead atoms. The number of rotatable bonds is 7. The Morgan fingerprint density at radius 1 is 1.17 bits per heavy atom. The summed E-state index contributed by atoms with van der Waals surface area (Å²) in [6.45, 7) is 15.4. The standard InChI is InChI=1S/C16H34N2/c1-6-14(7-2)11-18-12-15(9-13(4)5)17-10-16(18)8-3/h13-17H,6-12H2,1-5H3. The number of piperazine rings is 1. The third-order valence-corrected chi connectivity index (χ3v) is 4.49. The molecule has 0 aromatic rings. The van der Waals surface area contributed by atoms with Crippen LogP contribution in [0.25, 0.3) is 0 Å². The molecule has 0 amide bonds. The van der Waals surface area contributed by atoms with Crippen LogP contribution in [0, 0.1) is 11.8 Å². The molecule has 0 aromatic heterocycles. The molecule has 1 aliphatic rings. The maximum absolute atomic E-state index is 3.75. The molecule has 1 heterocycles. The van der Waals surface area contributed by atoms with E-state index in [1.807, 2.05) is 0 Å². The SMILES string of the molecule is CCC(CC)CN1CC(CC(C)C)NCC1CC. The van der Waals surface area contributed by atoms with Crippen molar-refractivity contribution >= 4 is 0 Å². The van der Waals surface area contributed by atoms with Gasteiger partial charge in [0, 0.05) is 31.7 Å². The Hall–Kier alpha value is -0.0800. The Bertz CT molecular complexity index is 211. The first-order valence-corrected chi connectivity index (χ1v) is 8.07. The van der Waals surface area contributed by atoms with Gasteiger partial charge >= 0.3 is 0 Å². The first-order chi connectivity index (χ1) is 8.60. The van der Waals surface area contributed by atoms with Crippen LogP contribution >= 0.6 is 0 Å². The number of nitrogens with zero attached hydrogens (tertiary/aromatic N) is 1. The van der Waals surface area contributed by atoms with E-state index in [1.165, 1.54) is 45.3 Å². The number of nitrogens with one attached hydrogen (secondary N) is 1. The minimum atomic E-state index is 0.710. The molecule has 0 aromatic carbocycles. The fourth-order valence-electron chi connectivity index (χ4n) is 3.16. The molecule has 1 saturated heterocycles. The van der Waals surface area contributed by atoms with Crippen molar-refractivity contribution in [1.82, 2.24) is 10.2 Å². The van der Waals surface area contributed by atoms with Gasteiger partial charge in [-0.3, -0.25) is 4.90 Å². The van der Waals surface area contributed by atoms with Crippen LogP contribution in [0.2, 0.25) is 0 Å². The molecule has 0 spiro atoms. The van der Waals surface area contributed by atoms with Crippen molar-refractivity contribution in [2.45, 2.75) is 72.4 Å². The second-order valence-corrected chi connectivity index (χ2v) is 6.43. The van der Waals surface area contributed by atoms with Gasteiger partial charge in [0.2, 0.25) is 0 Å². The highest BCUT2D eigenvalue weighted by Crippen LogP contribution is 2.19. The second kappa shape index (κ2) is 8.16. The molecule has 2 heteroatoms. The largest absolute Gasteiger partial charge is 0.311 e. The Kier molecular flexibility index (Phi) is 7.25. The number of hydrogen-bond donors (Lipinski definition) is 1. The predicted molar refractivity (Wildman–Crippen MR) is 81.0 cm³/mol.